The summed E-state index contributed by atoms with van der Waals surface area (Å²) >= 11 is 0. The molecule has 1 aliphatic rings. The van der Waals surface area contributed by atoms with E-state index < -0.39 is 0 Å². The summed E-state index contributed by atoms with van der Waals surface area (Å²) in [6.07, 6.45) is 3.99. The monoisotopic (exact) mass is 297 g/mol. The molecule has 1 saturated heterocycles. The summed E-state index contributed by atoms with van der Waals surface area (Å²) in [6, 6.07) is 5.83. The smallest absolute Gasteiger partial charge is 0.327 e. The Balaban J connectivity index is 0.00000147. The summed E-state index contributed by atoms with van der Waals surface area (Å²) < 4.78 is 3.11. The summed E-state index contributed by atoms with van der Waals surface area (Å²) in [5, 5.41) is 4.32. The molecule has 0 aliphatic carbocycles. The maximum atomic E-state index is 12.1. The molecule has 1 aliphatic heterocycles. The van der Waals surface area contributed by atoms with Crippen LogP contribution in [0.5, 0.6) is 0 Å². The van der Waals surface area contributed by atoms with Crippen LogP contribution in [0, 0.1) is 0 Å². The Morgan fingerprint density at radius 1 is 1.35 bits per heavy atom. The molecule has 0 spiro atoms. The molecule has 1 atom stereocenters. The number of fused-ring (bicyclic) bond motifs is 1. The van der Waals surface area contributed by atoms with Crippen molar-refractivity contribution in [2.24, 2.45) is 5.73 Å². The first kappa shape index (κ1) is 15.0. The fourth-order valence-corrected chi connectivity index (χ4v) is 2.64. The van der Waals surface area contributed by atoms with Crippen LogP contribution < -0.4 is 11.4 Å². The van der Waals surface area contributed by atoms with Crippen LogP contribution in [0.4, 0.5) is 0 Å². The molecule has 7 heteroatoms. The summed E-state index contributed by atoms with van der Waals surface area (Å²) in [6.45, 7) is 3.43. The van der Waals surface area contributed by atoms with Crippen molar-refractivity contribution in [3.8, 4) is 0 Å². The quantitative estimate of drug-likeness (QED) is 0.887. The van der Waals surface area contributed by atoms with E-state index in [-0.39, 0.29) is 24.1 Å². The molecule has 0 radical (unpaired) electrons. The third-order valence-electron chi connectivity index (χ3n) is 3.66. The Bertz CT molecular complexity index is 622. The van der Waals surface area contributed by atoms with E-state index in [1.54, 1.807) is 10.6 Å². The first-order valence-electron chi connectivity index (χ1n) is 6.76. The van der Waals surface area contributed by atoms with Crippen molar-refractivity contribution < 1.29 is 0 Å². The van der Waals surface area contributed by atoms with Gasteiger partial charge in [0.25, 0.3) is 0 Å². The van der Waals surface area contributed by atoms with E-state index in [9.17, 15) is 4.79 Å². The van der Waals surface area contributed by atoms with Crippen molar-refractivity contribution in [3.63, 3.8) is 0 Å². The van der Waals surface area contributed by atoms with Crippen molar-refractivity contribution in [3.05, 3.63) is 34.9 Å². The molecule has 0 aromatic carbocycles. The normalized spacial score (nSPS) is 19.9. The SMILES string of the molecule is Cl.NC1CCCN(CCn2nc3ccccn3c2=O)C1. The van der Waals surface area contributed by atoms with E-state index in [1.165, 1.54) is 4.68 Å². The Labute approximate surface area is 123 Å². The molecule has 2 aromatic heterocycles. The Morgan fingerprint density at radius 2 is 2.20 bits per heavy atom. The van der Waals surface area contributed by atoms with E-state index in [0.717, 1.165) is 32.5 Å². The maximum absolute atomic E-state index is 12.1. The van der Waals surface area contributed by atoms with Gasteiger partial charge in [-0.1, -0.05) is 6.07 Å². The van der Waals surface area contributed by atoms with Gasteiger partial charge < -0.3 is 5.73 Å². The van der Waals surface area contributed by atoms with Crippen molar-refractivity contribution in [2.45, 2.75) is 25.4 Å². The zero-order valence-corrected chi connectivity index (χ0v) is 12.1. The second-order valence-electron chi connectivity index (χ2n) is 5.14. The van der Waals surface area contributed by atoms with Gasteiger partial charge in [0.2, 0.25) is 0 Å². The number of hydrogen-bond donors (Lipinski definition) is 1. The lowest BCUT2D eigenvalue weighted by atomic mass is 10.1. The minimum Gasteiger partial charge on any atom is -0.327 e. The molecule has 1 fully saturated rings. The van der Waals surface area contributed by atoms with E-state index in [0.29, 0.717) is 12.2 Å². The van der Waals surface area contributed by atoms with Crippen LogP contribution in [0.3, 0.4) is 0 Å². The van der Waals surface area contributed by atoms with Gasteiger partial charge >= 0.3 is 5.69 Å². The predicted octanol–water partition coefficient (Wildman–Crippen LogP) is 0.341. The Morgan fingerprint density at radius 3 is 2.95 bits per heavy atom. The van der Waals surface area contributed by atoms with Crippen LogP contribution >= 0.6 is 12.4 Å². The lowest BCUT2D eigenvalue weighted by Gasteiger charge is -2.30. The van der Waals surface area contributed by atoms with Gasteiger partial charge in [-0.15, -0.1) is 17.5 Å². The Kier molecular flexibility index (Phi) is 4.80. The molecule has 110 valence electrons. The zero-order chi connectivity index (χ0) is 13.2. The fourth-order valence-electron chi connectivity index (χ4n) is 2.64. The van der Waals surface area contributed by atoms with Crippen LogP contribution in [0.2, 0.25) is 0 Å². The van der Waals surface area contributed by atoms with Crippen LogP contribution in [0.15, 0.2) is 29.2 Å². The van der Waals surface area contributed by atoms with Gasteiger partial charge in [0, 0.05) is 25.3 Å². The Hall–Kier alpha value is -1.37. The zero-order valence-electron chi connectivity index (χ0n) is 11.3. The van der Waals surface area contributed by atoms with Crippen molar-refractivity contribution in [2.75, 3.05) is 19.6 Å². The molecule has 0 bridgehead atoms. The van der Waals surface area contributed by atoms with E-state index in [4.69, 9.17) is 5.73 Å². The molecule has 2 N–H and O–H groups in total. The lowest BCUT2D eigenvalue weighted by Crippen LogP contribution is -2.44. The minimum absolute atomic E-state index is 0. The van der Waals surface area contributed by atoms with Crippen LogP contribution in [-0.4, -0.2) is 44.8 Å². The van der Waals surface area contributed by atoms with Crippen LogP contribution in [-0.2, 0) is 6.54 Å². The second-order valence-corrected chi connectivity index (χ2v) is 5.14. The molecular formula is C13H20ClN5O. The molecule has 3 heterocycles. The molecule has 0 saturated carbocycles. The number of likely N-dealkylation sites (tertiary alicyclic amines) is 1. The highest BCUT2D eigenvalue weighted by molar-refractivity contribution is 5.85. The van der Waals surface area contributed by atoms with Gasteiger partial charge in [0.15, 0.2) is 5.65 Å². The van der Waals surface area contributed by atoms with Crippen molar-refractivity contribution in [1.29, 1.82) is 0 Å². The number of nitrogens with zero attached hydrogens (tertiary/aromatic N) is 4. The number of rotatable bonds is 3. The maximum Gasteiger partial charge on any atom is 0.350 e. The van der Waals surface area contributed by atoms with Crippen LogP contribution in [0.25, 0.3) is 5.65 Å². The number of piperidine rings is 1. The number of halogens is 1. The third kappa shape index (κ3) is 3.03. The number of aromatic nitrogens is 3. The third-order valence-corrected chi connectivity index (χ3v) is 3.66. The van der Waals surface area contributed by atoms with E-state index in [2.05, 4.69) is 10.00 Å². The molecule has 0 amide bonds. The highest BCUT2D eigenvalue weighted by Crippen LogP contribution is 2.07. The standard InChI is InChI=1S/C13H19N5O.ClH/c14-11-4-3-6-16(10-11)8-9-18-13(19)17-7-2-1-5-12(17)15-18;/h1-2,5,7,11H,3-4,6,8-10,14H2;1H. The van der Waals surface area contributed by atoms with E-state index in [1.807, 2.05) is 18.2 Å². The summed E-state index contributed by atoms with van der Waals surface area (Å²) in [5.41, 5.74) is 6.58. The van der Waals surface area contributed by atoms with Gasteiger partial charge in [0.1, 0.15) is 0 Å². The molecule has 6 nitrogen and oxygen atoms in total. The lowest BCUT2D eigenvalue weighted by molar-refractivity contribution is 0.199. The molecule has 1 unspecified atom stereocenters. The largest absolute Gasteiger partial charge is 0.350 e. The van der Waals surface area contributed by atoms with Crippen LogP contribution in [0.1, 0.15) is 12.8 Å². The van der Waals surface area contributed by atoms with Crippen molar-refractivity contribution in [1.82, 2.24) is 19.1 Å². The first-order valence-corrected chi connectivity index (χ1v) is 6.76. The second kappa shape index (κ2) is 6.39. The summed E-state index contributed by atoms with van der Waals surface area (Å²) in [4.78, 5) is 14.4. The average Bonchev–Trinajstić information content (AvgIpc) is 2.74. The highest BCUT2D eigenvalue weighted by Gasteiger charge is 2.16. The van der Waals surface area contributed by atoms with Gasteiger partial charge in [-0.25, -0.2) is 9.48 Å². The molecule has 3 rings (SSSR count). The number of nitrogens with two attached hydrogens (primary N) is 1. The summed E-state index contributed by atoms with van der Waals surface area (Å²) in [5.74, 6) is 0. The first-order chi connectivity index (χ1) is 9.24. The fraction of sp³-hybridized carbons (Fsp3) is 0.538. The van der Waals surface area contributed by atoms with E-state index >= 15 is 0 Å². The minimum atomic E-state index is -0.0723. The topological polar surface area (TPSA) is 68.6 Å². The van der Waals surface area contributed by atoms with Crippen molar-refractivity contribution >= 4 is 18.1 Å². The number of pyridine rings is 1. The van der Waals surface area contributed by atoms with Gasteiger partial charge in [-0.2, -0.15) is 0 Å². The predicted molar refractivity (Wildman–Crippen MR) is 80.3 cm³/mol. The van der Waals surface area contributed by atoms with Gasteiger partial charge in [-0.3, -0.25) is 9.30 Å². The highest BCUT2D eigenvalue weighted by atomic mass is 35.5. The molecular weight excluding hydrogens is 278 g/mol. The average molecular weight is 298 g/mol. The van der Waals surface area contributed by atoms with Gasteiger partial charge in [-0.05, 0) is 31.5 Å². The number of hydrogen-bond acceptors (Lipinski definition) is 4. The molecule has 20 heavy (non-hydrogen) atoms. The molecule has 2 aromatic rings. The van der Waals surface area contributed by atoms with Gasteiger partial charge in [0.05, 0.1) is 6.54 Å². The summed E-state index contributed by atoms with van der Waals surface area (Å²) in [7, 11) is 0.